The summed E-state index contributed by atoms with van der Waals surface area (Å²) in [7, 11) is 0. The third-order valence-corrected chi connectivity index (χ3v) is 4.84. The molecule has 0 amide bonds. The van der Waals surface area contributed by atoms with E-state index in [9.17, 15) is 5.11 Å². The van der Waals surface area contributed by atoms with Gasteiger partial charge in [0.2, 0.25) is 0 Å². The summed E-state index contributed by atoms with van der Waals surface area (Å²) >= 11 is 3.52. The summed E-state index contributed by atoms with van der Waals surface area (Å²) in [5.41, 5.74) is 2.72. The van der Waals surface area contributed by atoms with Gasteiger partial charge in [-0.2, -0.15) is 9.61 Å². The summed E-state index contributed by atoms with van der Waals surface area (Å²) in [4.78, 5) is 10.9. The number of aliphatic hydroxyl groups is 1. The molecular weight excluding hydrogens is 420 g/mol. The fourth-order valence-electron chi connectivity index (χ4n) is 2.97. The monoisotopic (exact) mass is 438 g/mol. The molecule has 0 aliphatic rings. The maximum Gasteiger partial charge on any atom is 0.173 e. The van der Waals surface area contributed by atoms with E-state index < -0.39 is 0 Å². The molecule has 142 valence electrons. The lowest BCUT2D eigenvalue weighted by Crippen LogP contribution is -2.23. The van der Waals surface area contributed by atoms with Crippen molar-refractivity contribution in [1.29, 1.82) is 0 Å². The van der Waals surface area contributed by atoms with Crippen LogP contribution in [0.3, 0.4) is 0 Å². The zero-order chi connectivity index (χ0) is 19.3. The van der Waals surface area contributed by atoms with Crippen LogP contribution in [0.5, 0.6) is 0 Å². The number of hydrogen-bond donors (Lipinski definition) is 2. The van der Waals surface area contributed by atoms with Gasteiger partial charge in [-0.05, 0) is 39.7 Å². The fraction of sp³-hybridized carbons (Fsp3) is 0.150. The van der Waals surface area contributed by atoms with Gasteiger partial charge in [0.15, 0.2) is 5.65 Å². The number of para-hydroxylation sites is 1. The molecular formula is C20H19BrN6O. The highest BCUT2D eigenvalue weighted by atomic mass is 79.9. The Hall–Kier alpha value is -2.97. The number of nitrogens with one attached hydrogen (secondary N) is 1. The molecule has 0 atom stereocenters. The van der Waals surface area contributed by atoms with Gasteiger partial charge in [0.1, 0.15) is 11.6 Å². The second-order valence-corrected chi connectivity index (χ2v) is 7.01. The van der Waals surface area contributed by atoms with E-state index in [-0.39, 0.29) is 6.61 Å². The molecule has 8 heteroatoms. The summed E-state index contributed by atoms with van der Waals surface area (Å²) in [5.74, 6) is 1.52. The van der Waals surface area contributed by atoms with Crippen LogP contribution in [0.4, 0.5) is 17.3 Å². The zero-order valence-electron chi connectivity index (χ0n) is 15.0. The Morgan fingerprint density at radius 1 is 1.11 bits per heavy atom. The number of pyridine rings is 1. The van der Waals surface area contributed by atoms with Crippen LogP contribution < -0.4 is 10.2 Å². The first-order valence-electron chi connectivity index (χ1n) is 8.87. The number of anilines is 3. The van der Waals surface area contributed by atoms with Crippen LogP contribution in [0.1, 0.15) is 5.56 Å². The number of rotatable bonds is 7. The molecule has 4 aromatic rings. The highest BCUT2D eigenvalue weighted by Crippen LogP contribution is 2.29. The predicted molar refractivity (Wildman–Crippen MR) is 113 cm³/mol. The largest absolute Gasteiger partial charge is 0.395 e. The van der Waals surface area contributed by atoms with E-state index in [0.717, 1.165) is 27.4 Å². The number of fused-ring (bicyclic) bond motifs is 1. The second-order valence-electron chi connectivity index (χ2n) is 6.15. The van der Waals surface area contributed by atoms with Gasteiger partial charge in [-0.1, -0.05) is 24.3 Å². The van der Waals surface area contributed by atoms with Gasteiger partial charge in [0.05, 0.1) is 17.3 Å². The lowest BCUT2D eigenvalue weighted by molar-refractivity contribution is 0.305. The minimum atomic E-state index is 0.0145. The van der Waals surface area contributed by atoms with Crippen LogP contribution in [-0.2, 0) is 6.54 Å². The van der Waals surface area contributed by atoms with Crippen LogP contribution in [0.2, 0.25) is 0 Å². The molecule has 0 fully saturated rings. The quantitative estimate of drug-likeness (QED) is 0.458. The number of benzene rings is 1. The number of aliphatic hydroxyl groups excluding tert-OH is 1. The van der Waals surface area contributed by atoms with E-state index in [0.29, 0.717) is 18.7 Å². The molecule has 1 aromatic carbocycles. The summed E-state index contributed by atoms with van der Waals surface area (Å²) in [6, 6.07) is 15.7. The van der Waals surface area contributed by atoms with Gasteiger partial charge in [-0.15, -0.1) is 0 Å². The van der Waals surface area contributed by atoms with Crippen molar-refractivity contribution in [2.24, 2.45) is 0 Å². The van der Waals surface area contributed by atoms with Gasteiger partial charge < -0.3 is 15.3 Å². The highest BCUT2D eigenvalue weighted by Gasteiger charge is 2.16. The Morgan fingerprint density at radius 3 is 2.71 bits per heavy atom. The van der Waals surface area contributed by atoms with Gasteiger partial charge in [-0.25, -0.2) is 4.98 Å². The highest BCUT2D eigenvalue weighted by molar-refractivity contribution is 9.10. The maximum absolute atomic E-state index is 9.59. The molecule has 0 saturated carbocycles. The summed E-state index contributed by atoms with van der Waals surface area (Å²) < 4.78 is 2.56. The SMILES string of the molecule is OCCN(c1ccccc1)c1cc(NCc2cccnc2)n2ncc(Br)c2n1. The van der Waals surface area contributed by atoms with E-state index in [1.165, 1.54) is 0 Å². The molecule has 0 saturated heterocycles. The minimum Gasteiger partial charge on any atom is -0.395 e. The van der Waals surface area contributed by atoms with Crippen molar-refractivity contribution < 1.29 is 5.11 Å². The molecule has 3 aromatic heterocycles. The van der Waals surface area contributed by atoms with Gasteiger partial charge in [0.25, 0.3) is 0 Å². The lowest BCUT2D eigenvalue weighted by atomic mass is 10.2. The van der Waals surface area contributed by atoms with Crippen LogP contribution in [0.15, 0.2) is 71.6 Å². The number of hydrogen-bond acceptors (Lipinski definition) is 6. The molecule has 0 aliphatic carbocycles. The third kappa shape index (κ3) is 3.83. The van der Waals surface area contributed by atoms with Crippen LogP contribution in [-0.4, -0.2) is 37.8 Å². The maximum atomic E-state index is 9.59. The molecule has 28 heavy (non-hydrogen) atoms. The zero-order valence-corrected chi connectivity index (χ0v) is 16.6. The van der Waals surface area contributed by atoms with Crippen LogP contribution in [0, 0.1) is 0 Å². The lowest BCUT2D eigenvalue weighted by Gasteiger charge is -2.24. The average Bonchev–Trinajstić information content (AvgIpc) is 3.12. The van der Waals surface area contributed by atoms with Crippen molar-refractivity contribution in [3.63, 3.8) is 0 Å². The van der Waals surface area contributed by atoms with Gasteiger partial charge in [-0.3, -0.25) is 4.98 Å². The van der Waals surface area contributed by atoms with E-state index >= 15 is 0 Å². The van der Waals surface area contributed by atoms with Crippen molar-refractivity contribution in [3.05, 3.63) is 77.2 Å². The Bertz CT molecular complexity index is 1050. The van der Waals surface area contributed by atoms with E-state index in [1.54, 1.807) is 16.9 Å². The Balaban J connectivity index is 1.75. The van der Waals surface area contributed by atoms with Crippen molar-refractivity contribution in [1.82, 2.24) is 19.6 Å². The average molecular weight is 439 g/mol. The van der Waals surface area contributed by atoms with Crippen molar-refractivity contribution in [2.75, 3.05) is 23.4 Å². The first kappa shape index (κ1) is 18.4. The van der Waals surface area contributed by atoms with E-state index in [1.807, 2.05) is 59.6 Å². The molecule has 2 N–H and O–H groups in total. The predicted octanol–water partition coefficient (Wildman–Crippen LogP) is 3.63. The fourth-order valence-corrected chi connectivity index (χ4v) is 3.31. The number of halogens is 1. The Morgan fingerprint density at radius 2 is 1.96 bits per heavy atom. The summed E-state index contributed by atoms with van der Waals surface area (Å²) in [5, 5.41) is 17.4. The van der Waals surface area contributed by atoms with Gasteiger partial charge >= 0.3 is 0 Å². The first-order valence-corrected chi connectivity index (χ1v) is 9.66. The minimum absolute atomic E-state index is 0.0145. The molecule has 0 radical (unpaired) electrons. The molecule has 4 rings (SSSR count). The van der Waals surface area contributed by atoms with E-state index in [4.69, 9.17) is 4.98 Å². The smallest absolute Gasteiger partial charge is 0.173 e. The summed E-state index contributed by atoms with van der Waals surface area (Å²) in [6.45, 7) is 1.05. The Kier molecular flexibility index (Phi) is 5.50. The molecule has 0 unspecified atom stereocenters. The standard InChI is InChI=1S/C20H19BrN6O/c21-17-14-24-27-18(23-13-15-5-4-8-22-12-15)11-19(25-20(17)27)26(9-10-28)16-6-2-1-3-7-16/h1-8,11-12,14,23,28H,9-10,13H2. The van der Waals surface area contributed by atoms with Crippen molar-refractivity contribution in [3.8, 4) is 0 Å². The normalized spacial score (nSPS) is 10.9. The van der Waals surface area contributed by atoms with Crippen LogP contribution in [0.25, 0.3) is 5.65 Å². The molecule has 0 aliphatic heterocycles. The topological polar surface area (TPSA) is 78.6 Å². The molecule has 7 nitrogen and oxygen atoms in total. The Labute approximate surface area is 170 Å². The van der Waals surface area contributed by atoms with Crippen LogP contribution >= 0.6 is 15.9 Å². The number of nitrogens with zero attached hydrogens (tertiary/aromatic N) is 5. The second kappa shape index (κ2) is 8.37. The van der Waals surface area contributed by atoms with Crippen molar-refractivity contribution in [2.45, 2.75) is 6.54 Å². The van der Waals surface area contributed by atoms with Crippen molar-refractivity contribution >= 4 is 38.9 Å². The molecule has 3 heterocycles. The summed E-state index contributed by atoms with van der Waals surface area (Å²) in [6.07, 6.45) is 5.30. The number of aromatic nitrogens is 4. The third-order valence-electron chi connectivity index (χ3n) is 4.28. The van der Waals surface area contributed by atoms with E-state index in [2.05, 4.69) is 31.3 Å². The van der Waals surface area contributed by atoms with Gasteiger partial charge in [0, 0.05) is 37.2 Å². The molecule has 0 bridgehead atoms. The first-order chi connectivity index (χ1) is 13.8. The molecule has 0 spiro atoms.